The highest BCUT2D eigenvalue weighted by Crippen LogP contribution is 2.19. The van der Waals surface area contributed by atoms with Gasteiger partial charge in [-0.15, -0.1) is 10.2 Å². The molecule has 1 saturated heterocycles. The second-order valence-corrected chi connectivity index (χ2v) is 6.20. The number of carbonyl (C=O) groups excluding carboxylic acids is 1. The van der Waals surface area contributed by atoms with Crippen molar-refractivity contribution in [1.82, 2.24) is 15.5 Å². The normalized spacial score (nSPS) is 17.0. The minimum atomic E-state index is -0.234. The summed E-state index contributed by atoms with van der Waals surface area (Å²) in [6.45, 7) is 1.29. The Balaban J connectivity index is 1.56. The maximum Gasteiger partial charge on any atom is 0.271 e. The Kier molecular flexibility index (Phi) is 5.19. The van der Waals surface area contributed by atoms with Crippen molar-refractivity contribution in [3.63, 3.8) is 0 Å². The van der Waals surface area contributed by atoms with E-state index in [0.29, 0.717) is 18.1 Å². The molecule has 1 unspecified atom stereocenters. The van der Waals surface area contributed by atoms with Crippen LogP contribution in [0.4, 0.5) is 11.5 Å². The third kappa shape index (κ3) is 4.49. The maximum absolute atomic E-state index is 12.0. The van der Waals surface area contributed by atoms with Crippen LogP contribution in [0.2, 0.25) is 0 Å². The van der Waals surface area contributed by atoms with Gasteiger partial charge in [0.1, 0.15) is 0 Å². The SMILES string of the molecule is O=C(NCC1CCCO1)c1ccc(Nc2cccc(Br)c2)nn1. The zero-order valence-corrected chi connectivity index (χ0v) is 14.0. The molecular formula is C16H17BrN4O2. The van der Waals surface area contributed by atoms with Crippen LogP contribution in [0.1, 0.15) is 23.3 Å². The van der Waals surface area contributed by atoms with Crippen molar-refractivity contribution in [1.29, 1.82) is 0 Å². The van der Waals surface area contributed by atoms with Crippen LogP contribution in [0.25, 0.3) is 0 Å². The molecule has 0 radical (unpaired) electrons. The third-order valence-electron chi connectivity index (χ3n) is 3.51. The molecule has 2 N–H and O–H groups in total. The molecule has 120 valence electrons. The van der Waals surface area contributed by atoms with E-state index in [1.54, 1.807) is 12.1 Å². The summed E-state index contributed by atoms with van der Waals surface area (Å²) in [5.74, 6) is 0.348. The fourth-order valence-electron chi connectivity index (χ4n) is 2.34. The molecule has 1 amide bonds. The van der Waals surface area contributed by atoms with Crippen LogP contribution >= 0.6 is 15.9 Å². The highest BCUT2D eigenvalue weighted by atomic mass is 79.9. The van der Waals surface area contributed by atoms with Crippen molar-refractivity contribution in [2.75, 3.05) is 18.5 Å². The molecule has 0 saturated carbocycles. The summed E-state index contributed by atoms with van der Waals surface area (Å²) < 4.78 is 6.44. The molecule has 23 heavy (non-hydrogen) atoms. The molecule has 1 aliphatic rings. The van der Waals surface area contributed by atoms with Crippen LogP contribution in [0.15, 0.2) is 40.9 Å². The summed E-state index contributed by atoms with van der Waals surface area (Å²) in [7, 11) is 0. The lowest BCUT2D eigenvalue weighted by Crippen LogP contribution is -2.32. The van der Waals surface area contributed by atoms with Gasteiger partial charge in [-0.05, 0) is 43.2 Å². The van der Waals surface area contributed by atoms with Crippen LogP contribution in [-0.4, -0.2) is 35.4 Å². The molecule has 0 bridgehead atoms. The number of anilines is 2. The van der Waals surface area contributed by atoms with E-state index in [0.717, 1.165) is 29.6 Å². The molecule has 1 aliphatic heterocycles. The second kappa shape index (κ2) is 7.52. The molecule has 0 spiro atoms. The van der Waals surface area contributed by atoms with Crippen molar-refractivity contribution in [2.24, 2.45) is 0 Å². The summed E-state index contributed by atoms with van der Waals surface area (Å²) in [4.78, 5) is 12.0. The zero-order chi connectivity index (χ0) is 16.1. The Hall–Kier alpha value is -1.99. The number of rotatable bonds is 5. The van der Waals surface area contributed by atoms with Gasteiger partial charge in [0.05, 0.1) is 6.10 Å². The average Bonchev–Trinajstić information content (AvgIpc) is 3.07. The van der Waals surface area contributed by atoms with Crippen LogP contribution < -0.4 is 10.6 Å². The van der Waals surface area contributed by atoms with Crippen LogP contribution in [0.3, 0.4) is 0 Å². The fraction of sp³-hybridized carbons (Fsp3) is 0.312. The van der Waals surface area contributed by atoms with Crippen LogP contribution in [-0.2, 0) is 4.74 Å². The number of hydrogen-bond donors (Lipinski definition) is 2. The zero-order valence-electron chi connectivity index (χ0n) is 12.5. The van der Waals surface area contributed by atoms with Gasteiger partial charge < -0.3 is 15.4 Å². The largest absolute Gasteiger partial charge is 0.376 e. The Bertz CT molecular complexity index is 672. The van der Waals surface area contributed by atoms with Gasteiger partial charge in [-0.2, -0.15) is 0 Å². The second-order valence-electron chi connectivity index (χ2n) is 5.28. The Morgan fingerprint density at radius 1 is 1.30 bits per heavy atom. The van der Waals surface area contributed by atoms with Gasteiger partial charge in [0.15, 0.2) is 11.5 Å². The smallest absolute Gasteiger partial charge is 0.271 e. The van der Waals surface area contributed by atoms with Gasteiger partial charge in [-0.25, -0.2) is 0 Å². The van der Waals surface area contributed by atoms with Gasteiger partial charge in [0.2, 0.25) is 0 Å². The number of amides is 1. The van der Waals surface area contributed by atoms with Crippen molar-refractivity contribution in [3.05, 3.63) is 46.6 Å². The van der Waals surface area contributed by atoms with Gasteiger partial charge in [0, 0.05) is 23.3 Å². The van der Waals surface area contributed by atoms with E-state index in [4.69, 9.17) is 4.74 Å². The number of nitrogens with one attached hydrogen (secondary N) is 2. The summed E-state index contributed by atoms with van der Waals surface area (Å²) in [5.41, 5.74) is 1.19. The monoisotopic (exact) mass is 376 g/mol. The van der Waals surface area contributed by atoms with Crippen molar-refractivity contribution in [3.8, 4) is 0 Å². The van der Waals surface area contributed by atoms with Crippen LogP contribution in [0.5, 0.6) is 0 Å². The van der Waals surface area contributed by atoms with E-state index >= 15 is 0 Å². The number of ether oxygens (including phenoxy) is 1. The van der Waals surface area contributed by atoms with Crippen molar-refractivity contribution >= 4 is 33.3 Å². The number of benzene rings is 1. The Morgan fingerprint density at radius 2 is 2.22 bits per heavy atom. The minimum absolute atomic E-state index is 0.115. The number of carbonyl (C=O) groups is 1. The highest BCUT2D eigenvalue weighted by molar-refractivity contribution is 9.10. The molecular weight excluding hydrogens is 360 g/mol. The lowest BCUT2D eigenvalue weighted by molar-refractivity contribution is 0.0853. The molecule has 7 heteroatoms. The molecule has 1 fully saturated rings. The molecule has 6 nitrogen and oxygen atoms in total. The van der Waals surface area contributed by atoms with Gasteiger partial charge in [0.25, 0.3) is 5.91 Å². The number of hydrogen-bond acceptors (Lipinski definition) is 5. The van der Waals surface area contributed by atoms with E-state index in [2.05, 4.69) is 36.8 Å². The third-order valence-corrected chi connectivity index (χ3v) is 4.00. The van der Waals surface area contributed by atoms with Gasteiger partial charge in [-0.3, -0.25) is 4.79 Å². The van der Waals surface area contributed by atoms with Crippen LogP contribution in [0, 0.1) is 0 Å². The Morgan fingerprint density at radius 3 is 2.91 bits per heavy atom. The first-order chi connectivity index (χ1) is 11.2. The first-order valence-electron chi connectivity index (χ1n) is 7.47. The lowest BCUT2D eigenvalue weighted by Gasteiger charge is -2.10. The highest BCUT2D eigenvalue weighted by Gasteiger charge is 2.17. The number of halogens is 1. The summed E-state index contributed by atoms with van der Waals surface area (Å²) in [6, 6.07) is 11.1. The summed E-state index contributed by atoms with van der Waals surface area (Å²) in [6.07, 6.45) is 2.15. The number of nitrogens with zero attached hydrogens (tertiary/aromatic N) is 2. The molecule has 1 aromatic carbocycles. The first-order valence-corrected chi connectivity index (χ1v) is 8.26. The topological polar surface area (TPSA) is 76.1 Å². The first kappa shape index (κ1) is 15.9. The number of aromatic nitrogens is 2. The predicted molar refractivity (Wildman–Crippen MR) is 90.8 cm³/mol. The molecule has 2 aromatic rings. The summed E-state index contributed by atoms with van der Waals surface area (Å²) >= 11 is 3.41. The quantitative estimate of drug-likeness (QED) is 0.838. The summed E-state index contributed by atoms with van der Waals surface area (Å²) in [5, 5.41) is 14.0. The Labute approximate surface area is 142 Å². The van der Waals surface area contributed by atoms with E-state index < -0.39 is 0 Å². The van der Waals surface area contributed by atoms with Gasteiger partial charge >= 0.3 is 0 Å². The predicted octanol–water partition coefficient (Wildman–Crippen LogP) is 2.89. The molecule has 2 heterocycles. The molecule has 1 aromatic heterocycles. The van der Waals surface area contributed by atoms with E-state index in [1.807, 2.05) is 24.3 Å². The van der Waals surface area contributed by atoms with E-state index in [1.165, 1.54) is 0 Å². The lowest BCUT2D eigenvalue weighted by atomic mass is 10.2. The van der Waals surface area contributed by atoms with E-state index in [-0.39, 0.29) is 12.0 Å². The minimum Gasteiger partial charge on any atom is -0.376 e. The van der Waals surface area contributed by atoms with Crippen molar-refractivity contribution in [2.45, 2.75) is 18.9 Å². The fourth-order valence-corrected chi connectivity index (χ4v) is 2.74. The van der Waals surface area contributed by atoms with E-state index in [9.17, 15) is 4.79 Å². The van der Waals surface area contributed by atoms with Crippen molar-refractivity contribution < 1.29 is 9.53 Å². The molecule has 1 atom stereocenters. The molecule has 0 aliphatic carbocycles. The maximum atomic E-state index is 12.0. The average molecular weight is 377 g/mol. The molecule has 3 rings (SSSR count). The van der Waals surface area contributed by atoms with Gasteiger partial charge in [-0.1, -0.05) is 22.0 Å². The standard InChI is InChI=1S/C16H17BrN4O2/c17-11-3-1-4-12(9-11)19-15-7-6-14(20-21-15)16(22)18-10-13-5-2-8-23-13/h1,3-4,6-7,9,13H,2,5,8,10H2,(H,18,22)(H,19,21).